The molecule has 0 aliphatic carbocycles. The van der Waals surface area contributed by atoms with Crippen molar-refractivity contribution < 1.29 is 9.53 Å². The van der Waals surface area contributed by atoms with Crippen LogP contribution in [-0.2, 0) is 4.74 Å². The molecule has 5 nitrogen and oxygen atoms in total. The molecule has 3 aromatic rings. The van der Waals surface area contributed by atoms with E-state index in [1.807, 2.05) is 53.1 Å². The van der Waals surface area contributed by atoms with Crippen LogP contribution in [-0.4, -0.2) is 34.7 Å². The molecule has 122 valence electrons. The van der Waals surface area contributed by atoms with Crippen LogP contribution in [0.3, 0.4) is 0 Å². The lowest BCUT2D eigenvalue weighted by molar-refractivity contribution is 0.0858. The monoisotopic (exact) mass is 321 g/mol. The van der Waals surface area contributed by atoms with Gasteiger partial charge in [0, 0.05) is 24.4 Å². The third-order valence-corrected chi connectivity index (χ3v) is 4.36. The first-order chi connectivity index (χ1) is 11.8. The summed E-state index contributed by atoms with van der Waals surface area (Å²) in [5.41, 5.74) is 3.47. The van der Waals surface area contributed by atoms with Gasteiger partial charge in [0.05, 0.1) is 17.1 Å². The lowest BCUT2D eigenvalue weighted by atomic mass is 10.1. The molecule has 0 radical (unpaired) electrons. The van der Waals surface area contributed by atoms with Crippen molar-refractivity contribution in [3.05, 3.63) is 60.4 Å². The zero-order valence-corrected chi connectivity index (χ0v) is 13.3. The van der Waals surface area contributed by atoms with E-state index in [0.29, 0.717) is 12.1 Å². The van der Waals surface area contributed by atoms with Crippen molar-refractivity contribution in [1.82, 2.24) is 14.9 Å². The molecule has 0 spiro atoms. The first-order valence-corrected chi connectivity index (χ1v) is 8.23. The zero-order chi connectivity index (χ0) is 16.4. The van der Waals surface area contributed by atoms with Gasteiger partial charge in [-0.25, -0.2) is 4.98 Å². The number of para-hydroxylation sites is 1. The van der Waals surface area contributed by atoms with Gasteiger partial charge in [0.1, 0.15) is 6.33 Å². The average molecular weight is 321 g/mol. The summed E-state index contributed by atoms with van der Waals surface area (Å²) in [7, 11) is 0. The maximum Gasteiger partial charge on any atom is 0.251 e. The van der Waals surface area contributed by atoms with Crippen LogP contribution in [0.4, 0.5) is 0 Å². The predicted octanol–water partition coefficient (Wildman–Crippen LogP) is 2.93. The molecule has 2 aromatic carbocycles. The molecule has 0 bridgehead atoms. The largest absolute Gasteiger partial charge is 0.376 e. The average Bonchev–Trinajstić information content (AvgIpc) is 3.29. The summed E-state index contributed by atoms with van der Waals surface area (Å²) >= 11 is 0. The van der Waals surface area contributed by atoms with E-state index in [4.69, 9.17) is 4.74 Å². The van der Waals surface area contributed by atoms with E-state index < -0.39 is 0 Å². The van der Waals surface area contributed by atoms with E-state index in [-0.39, 0.29) is 12.0 Å². The van der Waals surface area contributed by atoms with Crippen LogP contribution in [0, 0.1) is 0 Å². The van der Waals surface area contributed by atoms with Gasteiger partial charge >= 0.3 is 0 Å². The normalized spacial score (nSPS) is 17.2. The summed E-state index contributed by atoms with van der Waals surface area (Å²) < 4.78 is 7.55. The van der Waals surface area contributed by atoms with E-state index in [0.717, 1.165) is 36.2 Å². The van der Waals surface area contributed by atoms with E-state index in [9.17, 15) is 4.79 Å². The molecule has 1 amide bonds. The summed E-state index contributed by atoms with van der Waals surface area (Å²) in [4.78, 5) is 16.8. The van der Waals surface area contributed by atoms with Crippen LogP contribution >= 0.6 is 0 Å². The van der Waals surface area contributed by atoms with Gasteiger partial charge in [-0.2, -0.15) is 0 Å². The van der Waals surface area contributed by atoms with Crippen molar-refractivity contribution in [1.29, 1.82) is 0 Å². The number of hydrogen-bond acceptors (Lipinski definition) is 3. The van der Waals surface area contributed by atoms with E-state index in [1.165, 1.54) is 0 Å². The number of nitrogens with zero attached hydrogens (tertiary/aromatic N) is 2. The molecular weight excluding hydrogens is 302 g/mol. The number of carbonyl (C=O) groups excluding carboxylic acids is 1. The highest BCUT2D eigenvalue weighted by Gasteiger charge is 2.17. The van der Waals surface area contributed by atoms with Crippen LogP contribution in [0.5, 0.6) is 0 Å². The minimum Gasteiger partial charge on any atom is -0.376 e. The number of benzene rings is 2. The molecule has 4 rings (SSSR count). The number of ether oxygens (including phenoxy) is 1. The smallest absolute Gasteiger partial charge is 0.251 e. The van der Waals surface area contributed by atoms with Crippen molar-refractivity contribution >= 4 is 16.9 Å². The lowest BCUT2D eigenvalue weighted by Gasteiger charge is -2.11. The van der Waals surface area contributed by atoms with Crippen molar-refractivity contribution in [2.24, 2.45) is 0 Å². The second-order valence-electron chi connectivity index (χ2n) is 6.00. The van der Waals surface area contributed by atoms with Crippen LogP contribution in [0.25, 0.3) is 16.7 Å². The Kier molecular flexibility index (Phi) is 4.01. The molecule has 1 N–H and O–H groups in total. The number of nitrogens with one attached hydrogen (secondary N) is 1. The SMILES string of the molecule is O=C(NCC1CCCO1)c1ccc2c(c1)ncn2-c1ccccc1. The molecule has 1 aromatic heterocycles. The Bertz CT molecular complexity index is 851. The Morgan fingerprint density at radius 1 is 1.25 bits per heavy atom. The van der Waals surface area contributed by atoms with Gasteiger partial charge in [-0.05, 0) is 43.2 Å². The predicted molar refractivity (Wildman–Crippen MR) is 92.4 cm³/mol. The van der Waals surface area contributed by atoms with Crippen LogP contribution < -0.4 is 5.32 Å². The van der Waals surface area contributed by atoms with Gasteiger partial charge in [-0.1, -0.05) is 18.2 Å². The standard InChI is InChI=1S/C19H19N3O2/c23-19(20-12-16-7-4-10-24-16)14-8-9-18-17(11-14)21-13-22(18)15-5-2-1-3-6-15/h1-3,5-6,8-9,11,13,16H,4,7,10,12H2,(H,20,23). The van der Waals surface area contributed by atoms with Gasteiger partial charge in [0.15, 0.2) is 0 Å². The minimum absolute atomic E-state index is 0.0818. The topological polar surface area (TPSA) is 56.1 Å². The Hall–Kier alpha value is -2.66. The maximum atomic E-state index is 12.3. The van der Waals surface area contributed by atoms with Crippen LogP contribution in [0.2, 0.25) is 0 Å². The molecule has 1 unspecified atom stereocenters. The molecule has 1 atom stereocenters. The quantitative estimate of drug-likeness (QED) is 0.804. The number of fused-ring (bicyclic) bond motifs is 1. The summed E-state index contributed by atoms with van der Waals surface area (Å²) in [5.74, 6) is -0.0818. The van der Waals surface area contributed by atoms with Crippen LogP contribution in [0.15, 0.2) is 54.9 Å². The van der Waals surface area contributed by atoms with Gasteiger partial charge in [-0.15, -0.1) is 0 Å². The lowest BCUT2D eigenvalue weighted by Crippen LogP contribution is -2.31. The molecule has 1 saturated heterocycles. The number of carbonyl (C=O) groups is 1. The molecule has 1 aliphatic rings. The van der Waals surface area contributed by atoms with Crippen molar-refractivity contribution in [2.75, 3.05) is 13.2 Å². The fourth-order valence-corrected chi connectivity index (χ4v) is 3.06. The molecule has 1 fully saturated rings. The number of aromatic nitrogens is 2. The Balaban J connectivity index is 1.54. The van der Waals surface area contributed by atoms with Gasteiger partial charge in [0.2, 0.25) is 0 Å². The first kappa shape index (κ1) is 14.9. The molecule has 1 aliphatic heterocycles. The molecule has 2 heterocycles. The molecule has 0 saturated carbocycles. The van der Waals surface area contributed by atoms with Crippen molar-refractivity contribution in [3.8, 4) is 5.69 Å². The fraction of sp³-hybridized carbons (Fsp3) is 0.263. The second kappa shape index (κ2) is 6.45. The zero-order valence-electron chi connectivity index (χ0n) is 13.3. The Labute approximate surface area is 140 Å². The van der Waals surface area contributed by atoms with E-state index in [2.05, 4.69) is 10.3 Å². The highest BCUT2D eigenvalue weighted by molar-refractivity contribution is 5.97. The minimum atomic E-state index is -0.0818. The van der Waals surface area contributed by atoms with Gasteiger partial charge in [-0.3, -0.25) is 9.36 Å². The fourth-order valence-electron chi connectivity index (χ4n) is 3.06. The van der Waals surface area contributed by atoms with Crippen molar-refractivity contribution in [2.45, 2.75) is 18.9 Å². The molecular formula is C19H19N3O2. The number of imidazole rings is 1. The third kappa shape index (κ3) is 2.90. The van der Waals surface area contributed by atoms with Gasteiger partial charge < -0.3 is 10.1 Å². The molecule has 5 heteroatoms. The first-order valence-electron chi connectivity index (χ1n) is 8.23. The number of amides is 1. The Morgan fingerprint density at radius 2 is 2.12 bits per heavy atom. The van der Waals surface area contributed by atoms with E-state index >= 15 is 0 Å². The summed E-state index contributed by atoms with van der Waals surface area (Å²) in [6.07, 6.45) is 4.02. The Morgan fingerprint density at radius 3 is 2.92 bits per heavy atom. The van der Waals surface area contributed by atoms with Crippen LogP contribution in [0.1, 0.15) is 23.2 Å². The molecule has 24 heavy (non-hydrogen) atoms. The summed E-state index contributed by atoms with van der Waals surface area (Å²) in [6.45, 7) is 1.36. The summed E-state index contributed by atoms with van der Waals surface area (Å²) in [6, 6.07) is 15.7. The maximum absolute atomic E-state index is 12.3. The number of rotatable bonds is 4. The second-order valence-corrected chi connectivity index (χ2v) is 6.00. The summed E-state index contributed by atoms with van der Waals surface area (Å²) in [5, 5.41) is 2.95. The number of hydrogen-bond donors (Lipinski definition) is 1. The van der Waals surface area contributed by atoms with Gasteiger partial charge in [0.25, 0.3) is 5.91 Å². The highest BCUT2D eigenvalue weighted by Crippen LogP contribution is 2.19. The van der Waals surface area contributed by atoms with E-state index in [1.54, 1.807) is 6.33 Å². The highest BCUT2D eigenvalue weighted by atomic mass is 16.5. The third-order valence-electron chi connectivity index (χ3n) is 4.36. The van der Waals surface area contributed by atoms with Crippen molar-refractivity contribution in [3.63, 3.8) is 0 Å².